The van der Waals surface area contributed by atoms with Gasteiger partial charge >= 0.3 is 0 Å². The molecule has 2 N–H and O–H groups in total. The molecule has 1 atom stereocenters. The Balaban J connectivity index is 1.38. The van der Waals surface area contributed by atoms with Crippen LogP contribution in [0.3, 0.4) is 0 Å². The van der Waals surface area contributed by atoms with Crippen molar-refractivity contribution < 1.29 is 9.59 Å². The van der Waals surface area contributed by atoms with E-state index in [0.717, 1.165) is 40.9 Å². The van der Waals surface area contributed by atoms with Gasteiger partial charge in [0.05, 0.1) is 17.3 Å². The lowest BCUT2D eigenvalue weighted by Gasteiger charge is -2.15. The van der Waals surface area contributed by atoms with Gasteiger partial charge in [-0.3, -0.25) is 9.59 Å². The predicted octanol–water partition coefficient (Wildman–Crippen LogP) is 5.69. The highest BCUT2D eigenvalue weighted by Gasteiger charge is 2.29. The number of benzene rings is 3. The summed E-state index contributed by atoms with van der Waals surface area (Å²) in [6.45, 7) is 3.97. The Morgan fingerprint density at radius 2 is 1.63 bits per heavy atom. The average molecular weight is 465 g/mol. The smallest absolute Gasteiger partial charge is 0.255 e. The fourth-order valence-corrected chi connectivity index (χ4v) is 4.09. The van der Waals surface area contributed by atoms with Crippen LogP contribution in [0, 0.1) is 12.8 Å². The molecule has 176 valence electrons. The monoisotopic (exact) mass is 464 g/mol. The predicted molar refractivity (Wildman–Crippen MR) is 137 cm³/mol. The molecule has 6 heteroatoms. The maximum absolute atomic E-state index is 13.5. The summed E-state index contributed by atoms with van der Waals surface area (Å²) < 4.78 is 1.75. The zero-order chi connectivity index (χ0) is 24.4. The first-order valence-electron chi connectivity index (χ1n) is 11.9. The van der Waals surface area contributed by atoms with E-state index in [0.29, 0.717) is 11.3 Å². The molecule has 0 spiro atoms. The van der Waals surface area contributed by atoms with Gasteiger partial charge in [-0.25, -0.2) is 4.68 Å². The molecule has 1 fully saturated rings. The first-order valence-corrected chi connectivity index (χ1v) is 11.9. The molecular formula is C29H28N4O2. The zero-order valence-corrected chi connectivity index (χ0v) is 19.9. The molecule has 0 aliphatic heterocycles. The van der Waals surface area contributed by atoms with E-state index in [1.807, 2.05) is 92.7 Å². The van der Waals surface area contributed by atoms with Gasteiger partial charge in [0.1, 0.15) is 5.69 Å². The minimum Gasteiger partial charge on any atom is -0.345 e. The summed E-state index contributed by atoms with van der Waals surface area (Å²) in [7, 11) is 0. The molecule has 5 rings (SSSR count). The maximum atomic E-state index is 13.5. The van der Waals surface area contributed by atoms with Crippen molar-refractivity contribution in [2.45, 2.75) is 32.7 Å². The Morgan fingerprint density at radius 3 is 2.31 bits per heavy atom. The molecule has 0 bridgehead atoms. The molecule has 1 aromatic heterocycles. The Kier molecular flexibility index (Phi) is 6.19. The number of para-hydroxylation sites is 1. The molecule has 35 heavy (non-hydrogen) atoms. The largest absolute Gasteiger partial charge is 0.345 e. The number of nitrogens with one attached hydrogen (secondary N) is 2. The number of carbonyl (C=O) groups is 2. The fraction of sp³-hybridized carbons (Fsp3) is 0.207. The van der Waals surface area contributed by atoms with Gasteiger partial charge < -0.3 is 10.6 Å². The summed E-state index contributed by atoms with van der Waals surface area (Å²) in [5.41, 5.74) is 5.76. The topological polar surface area (TPSA) is 76.0 Å². The van der Waals surface area contributed by atoms with Crippen LogP contribution in [0.1, 0.15) is 47.3 Å². The molecule has 2 amide bonds. The molecule has 0 saturated heterocycles. The zero-order valence-electron chi connectivity index (χ0n) is 19.9. The van der Waals surface area contributed by atoms with Crippen molar-refractivity contribution >= 4 is 17.5 Å². The molecule has 0 radical (unpaired) electrons. The Bertz CT molecular complexity index is 1360. The Morgan fingerprint density at radius 1 is 0.943 bits per heavy atom. The van der Waals surface area contributed by atoms with Gasteiger partial charge in [-0.2, -0.15) is 5.10 Å². The van der Waals surface area contributed by atoms with Crippen LogP contribution in [0.4, 0.5) is 5.69 Å². The fourth-order valence-electron chi connectivity index (χ4n) is 4.09. The number of aromatic nitrogens is 2. The van der Waals surface area contributed by atoms with Crippen molar-refractivity contribution in [3.05, 3.63) is 102 Å². The van der Waals surface area contributed by atoms with Gasteiger partial charge in [-0.1, -0.05) is 54.6 Å². The van der Waals surface area contributed by atoms with E-state index in [1.165, 1.54) is 0 Å². The van der Waals surface area contributed by atoms with Crippen molar-refractivity contribution in [1.29, 1.82) is 0 Å². The number of anilines is 1. The SMILES string of the molecule is Cc1ccccc1-c1nn(-c2ccccc2)cc1C(=O)NC(C)c1ccc(NC(=O)C2CC2)cc1. The number of hydrogen-bond acceptors (Lipinski definition) is 3. The summed E-state index contributed by atoms with van der Waals surface area (Å²) in [4.78, 5) is 25.4. The normalized spacial score (nSPS) is 13.8. The summed E-state index contributed by atoms with van der Waals surface area (Å²) in [6, 6.07) is 25.1. The van der Waals surface area contributed by atoms with Crippen molar-refractivity contribution in [3.63, 3.8) is 0 Å². The number of rotatable bonds is 7. The lowest BCUT2D eigenvalue weighted by atomic mass is 10.0. The Hall–Kier alpha value is -4.19. The number of nitrogens with zero attached hydrogens (tertiary/aromatic N) is 2. The molecule has 1 unspecified atom stereocenters. The average Bonchev–Trinajstić information content (AvgIpc) is 3.64. The van der Waals surface area contributed by atoms with Crippen LogP contribution < -0.4 is 10.6 Å². The molecule has 1 aliphatic rings. The molecule has 6 nitrogen and oxygen atoms in total. The third-order valence-electron chi connectivity index (χ3n) is 6.35. The van der Waals surface area contributed by atoms with Crippen molar-refractivity contribution in [1.82, 2.24) is 15.1 Å². The van der Waals surface area contributed by atoms with Gasteiger partial charge in [-0.15, -0.1) is 0 Å². The van der Waals surface area contributed by atoms with Gasteiger partial charge in [0.2, 0.25) is 5.91 Å². The van der Waals surface area contributed by atoms with Crippen LogP contribution in [-0.4, -0.2) is 21.6 Å². The Labute approximate surface area is 205 Å². The number of aryl methyl sites for hydroxylation is 1. The minimum absolute atomic E-state index is 0.0817. The summed E-state index contributed by atoms with van der Waals surface area (Å²) in [5.74, 6) is 0.0504. The van der Waals surface area contributed by atoms with Gasteiger partial charge in [0.25, 0.3) is 5.91 Å². The second-order valence-electron chi connectivity index (χ2n) is 9.07. The number of amides is 2. The summed E-state index contributed by atoms with van der Waals surface area (Å²) >= 11 is 0. The van der Waals surface area contributed by atoms with Crippen LogP contribution in [-0.2, 0) is 4.79 Å². The van der Waals surface area contributed by atoms with Crippen LogP contribution in [0.25, 0.3) is 16.9 Å². The second-order valence-corrected chi connectivity index (χ2v) is 9.07. The van der Waals surface area contributed by atoms with E-state index in [9.17, 15) is 9.59 Å². The number of hydrogen-bond donors (Lipinski definition) is 2. The first kappa shape index (κ1) is 22.6. The standard InChI is InChI=1S/C29H28N4O2/c1-19-8-6-7-11-25(19)27-26(18-33(32-27)24-9-4-3-5-10-24)29(35)30-20(2)21-14-16-23(17-15-21)31-28(34)22-12-13-22/h3-11,14-18,20,22H,12-13H2,1-2H3,(H,30,35)(H,31,34). The van der Waals surface area contributed by atoms with Crippen molar-refractivity contribution in [3.8, 4) is 16.9 Å². The molecule has 1 heterocycles. The van der Waals surface area contributed by atoms with Crippen LogP contribution >= 0.6 is 0 Å². The van der Waals surface area contributed by atoms with E-state index in [4.69, 9.17) is 5.10 Å². The van der Waals surface area contributed by atoms with Crippen LogP contribution in [0.15, 0.2) is 85.1 Å². The third-order valence-corrected chi connectivity index (χ3v) is 6.35. The highest BCUT2D eigenvalue weighted by atomic mass is 16.2. The van der Waals surface area contributed by atoms with E-state index >= 15 is 0 Å². The van der Waals surface area contributed by atoms with E-state index < -0.39 is 0 Å². The molecule has 1 aliphatic carbocycles. The lowest BCUT2D eigenvalue weighted by molar-refractivity contribution is -0.117. The van der Waals surface area contributed by atoms with Gasteiger partial charge in [0, 0.05) is 23.4 Å². The summed E-state index contributed by atoms with van der Waals surface area (Å²) in [5, 5.41) is 10.9. The van der Waals surface area contributed by atoms with Crippen molar-refractivity contribution in [2.24, 2.45) is 5.92 Å². The minimum atomic E-state index is -0.222. The first-order chi connectivity index (χ1) is 17.0. The van der Waals surface area contributed by atoms with E-state index in [1.54, 1.807) is 10.9 Å². The van der Waals surface area contributed by atoms with Crippen LogP contribution in [0.2, 0.25) is 0 Å². The second kappa shape index (κ2) is 9.58. The van der Waals surface area contributed by atoms with E-state index in [-0.39, 0.29) is 23.8 Å². The van der Waals surface area contributed by atoms with Crippen LogP contribution in [0.5, 0.6) is 0 Å². The number of carbonyl (C=O) groups excluding carboxylic acids is 2. The molecule has 4 aromatic rings. The summed E-state index contributed by atoms with van der Waals surface area (Å²) in [6.07, 6.45) is 3.73. The van der Waals surface area contributed by atoms with Gasteiger partial charge in [-0.05, 0) is 62.1 Å². The lowest BCUT2D eigenvalue weighted by Crippen LogP contribution is -2.26. The molecular weight excluding hydrogens is 436 g/mol. The quantitative estimate of drug-likeness (QED) is 0.369. The highest BCUT2D eigenvalue weighted by molar-refractivity contribution is 6.00. The maximum Gasteiger partial charge on any atom is 0.255 e. The van der Waals surface area contributed by atoms with E-state index in [2.05, 4.69) is 10.6 Å². The molecule has 1 saturated carbocycles. The van der Waals surface area contributed by atoms with Crippen molar-refractivity contribution in [2.75, 3.05) is 5.32 Å². The third kappa shape index (κ3) is 5.01. The molecule has 3 aromatic carbocycles. The van der Waals surface area contributed by atoms with Gasteiger partial charge in [0.15, 0.2) is 0 Å². The highest BCUT2D eigenvalue weighted by Crippen LogP contribution is 2.30.